The summed E-state index contributed by atoms with van der Waals surface area (Å²) < 4.78 is 6.18. The number of H-pyrrole nitrogens is 1. The predicted octanol–water partition coefficient (Wildman–Crippen LogP) is 2.10. The highest BCUT2D eigenvalue weighted by atomic mass is 16.5. The van der Waals surface area contributed by atoms with Crippen molar-refractivity contribution in [1.29, 1.82) is 0 Å². The number of esters is 1. The van der Waals surface area contributed by atoms with Crippen LogP contribution in [0, 0.1) is 0 Å². The fourth-order valence-electron chi connectivity index (χ4n) is 2.73. The summed E-state index contributed by atoms with van der Waals surface area (Å²) in [5, 5.41) is 3.75. The summed E-state index contributed by atoms with van der Waals surface area (Å²) in [6, 6.07) is 7.34. The van der Waals surface area contributed by atoms with Gasteiger partial charge in [-0.15, -0.1) is 0 Å². The van der Waals surface area contributed by atoms with Crippen LogP contribution >= 0.6 is 0 Å². The van der Waals surface area contributed by atoms with Crippen molar-refractivity contribution in [2.45, 2.75) is 18.9 Å². The summed E-state index contributed by atoms with van der Waals surface area (Å²) >= 11 is 0. The Morgan fingerprint density at radius 1 is 1.38 bits per heavy atom. The van der Waals surface area contributed by atoms with Crippen molar-refractivity contribution >= 4 is 22.9 Å². The molecule has 1 amide bonds. The van der Waals surface area contributed by atoms with Crippen LogP contribution in [0.3, 0.4) is 0 Å². The van der Waals surface area contributed by atoms with Crippen LogP contribution in [-0.2, 0) is 16.0 Å². The fourth-order valence-corrected chi connectivity index (χ4v) is 2.73. The molecular weight excluding hydrogens is 308 g/mol. The number of nitrogens with one attached hydrogen (secondary N) is 2. The first kappa shape index (κ1) is 15.8. The van der Waals surface area contributed by atoms with E-state index in [9.17, 15) is 9.59 Å². The Balaban J connectivity index is 1.91. The van der Waals surface area contributed by atoms with Crippen molar-refractivity contribution in [3.05, 3.63) is 54.7 Å². The van der Waals surface area contributed by atoms with Crippen LogP contribution in [0.1, 0.15) is 12.5 Å². The van der Waals surface area contributed by atoms with Crippen LogP contribution in [0.2, 0.25) is 0 Å². The molecule has 7 heteroatoms. The highest BCUT2D eigenvalue weighted by molar-refractivity contribution is 5.90. The van der Waals surface area contributed by atoms with Crippen molar-refractivity contribution in [2.75, 3.05) is 7.11 Å². The second kappa shape index (κ2) is 6.19. The van der Waals surface area contributed by atoms with Crippen LogP contribution in [0.25, 0.3) is 10.9 Å². The Kier molecular flexibility index (Phi) is 4.07. The average Bonchev–Trinajstić information content (AvgIpc) is 3.24. The minimum Gasteiger partial charge on any atom is -0.467 e. The van der Waals surface area contributed by atoms with Crippen molar-refractivity contribution in [3.8, 4) is 0 Å². The van der Waals surface area contributed by atoms with E-state index in [4.69, 9.17) is 4.74 Å². The van der Waals surface area contributed by atoms with Gasteiger partial charge in [-0.05, 0) is 18.6 Å². The minimum absolute atomic E-state index is 0.296. The smallest absolute Gasteiger partial charge is 0.331 e. The van der Waals surface area contributed by atoms with Gasteiger partial charge in [0, 0.05) is 35.9 Å². The molecule has 0 saturated carbocycles. The standard InChI is InChI=1S/C17H18N4O3/c1-17(15(22)24-2,20-16(23)21-8-7-18-11-21)9-12-10-19-14-6-4-3-5-13(12)14/h3-8,10-11,19H,9H2,1-2H3,(H,20,23)/t17-/m1/s1. The normalized spacial score (nSPS) is 13.4. The molecule has 0 aliphatic rings. The summed E-state index contributed by atoms with van der Waals surface area (Å²) in [5.41, 5.74) is 0.686. The lowest BCUT2D eigenvalue weighted by molar-refractivity contribution is -0.147. The van der Waals surface area contributed by atoms with Crippen LogP contribution in [0.15, 0.2) is 49.2 Å². The molecule has 0 saturated heterocycles. The summed E-state index contributed by atoms with van der Waals surface area (Å²) in [6.07, 6.45) is 6.52. The molecule has 1 atom stereocenters. The van der Waals surface area contributed by atoms with E-state index >= 15 is 0 Å². The van der Waals surface area contributed by atoms with Gasteiger partial charge in [0.2, 0.25) is 0 Å². The number of ether oxygens (including phenoxy) is 1. The number of aromatic nitrogens is 3. The number of carbonyl (C=O) groups excluding carboxylic acids is 2. The first-order chi connectivity index (χ1) is 11.5. The zero-order valence-electron chi connectivity index (χ0n) is 13.4. The van der Waals surface area contributed by atoms with E-state index in [0.29, 0.717) is 6.42 Å². The maximum atomic E-state index is 12.3. The number of hydrogen-bond acceptors (Lipinski definition) is 4. The van der Waals surface area contributed by atoms with Crippen molar-refractivity contribution in [3.63, 3.8) is 0 Å². The van der Waals surface area contributed by atoms with Crippen LogP contribution in [-0.4, -0.2) is 39.2 Å². The molecule has 24 heavy (non-hydrogen) atoms. The van der Waals surface area contributed by atoms with E-state index in [1.165, 1.54) is 30.4 Å². The first-order valence-corrected chi connectivity index (χ1v) is 7.47. The Labute approximate surface area is 138 Å². The summed E-state index contributed by atoms with van der Waals surface area (Å²) in [5.74, 6) is -0.513. The molecule has 3 aromatic rings. The molecule has 0 aliphatic carbocycles. The maximum absolute atomic E-state index is 12.3. The van der Waals surface area contributed by atoms with Crippen LogP contribution in [0.5, 0.6) is 0 Å². The van der Waals surface area contributed by atoms with Gasteiger partial charge in [-0.25, -0.2) is 14.6 Å². The van der Waals surface area contributed by atoms with Gasteiger partial charge in [0.15, 0.2) is 0 Å². The molecule has 2 heterocycles. The molecule has 0 bridgehead atoms. The van der Waals surface area contributed by atoms with Gasteiger partial charge >= 0.3 is 12.0 Å². The van der Waals surface area contributed by atoms with Crippen molar-refractivity contribution in [1.82, 2.24) is 19.9 Å². The highest BCUT2D eigenvalue weighted by Crippen LogP contribution is 2.23. The lowest BCUT2D eigenvalue weighted by Crippen LogP contribution is -2.55. The van der Waals surface area contributed by atoms with E-state index in [2.05, 4.69) is 15.3 Å². The topological polar surface area (TPSA) is 89.0 Å². The van der Waals surface area contributed by atoms with Gasteiger partial charge in [0.1, 0.15) is 11.9 Å². The molecule has 3 rings (SSSR count). The Hall–Kier alpha value is -3.09. The lowest BCUT2D eigenvalue weighted by atomic mass is 9.92. The van der Waals surface area contributed by atoms with Gasteiger partial charge < -0.3 is 15.0 Å². The van der Waals surface area contributed by atoms with Gasteiger partial charge in [-0.1, -0.05) is 18.2 Å². The number of fused-ring (bicyclic) bond motifs is 1. The SMILES string of the molecule is COC(=O)[C@@](C)(Cc1c[nH]c2ccccc12)NC(=O)n1ccnc1. The minimum atomic E-state index is -1.21. The lowest BCUT2D eigenvalue weighted by Gasteiger charge is -2.27. The Morgan fingerprint density at radius 2 is 2.17 bits per heavy atom. The molecule has 0 radical (unpaired) electrons. The number of aromatic amines is 1. The summed E-state index contributed by atoms with van der Waals surface area (Å²) in [4.78, 5) is 31.7. The average molecular weight is 326 g/mol. The van der Waals surface area contributed by atoms with Crippen molar-refractivity contribution in [2.24, 2.45) is 0 Å². The molecule has 7 nitrogen and oxygen atoms in total. The molecular formula is C17H18N4O3. The number of imidazole rings is 1. The largest absolute Gasteiger partial charge is 0.467 e. The zero-order valence-corrected chi connectivity index (χ0v) is 13.4. The van der Waals surface area contributed by atoms with Crippen LogP contribution in [0.4, 0.5) is 4.79 Å². The van der Waals surface area contributed by atoms with E-state index in [1.807, 2.05) is 30.5 Å². The monoisotopic (exact) mass is 326 g/mol. The third-order valence-electron chi connectivity index (χ3n) is 3.98. The van der Waals surface area contributed by atoms with E-state index in [1.54, 1.807) is 6.92 Å². The number of nitrogens with zero attached hydrogens (tertiary/aromatic N) is 2. The quantitative estimate of drug-likeness (QED) is 0.719. The molecule has 2 aromatic heterocycles. The Bertz CT molecular complexity index is 869. The van der Waals surface area contributed by atoms with Crippen molar-refractivity contribution < 1.29 is 14.3 Å². The third kappa shape index (κ3) is 2.88. The zero-order chi connectivity index (χ0) is 17.2. The van der Waals surface area contributed by atoms with Crippen LogP contribution < -0.4 is 5.32 Å². The van der Waals surface area contributed by atoms with E-state index < -0.39 is 17.5 Å². The number of amides is 1. The molecule has 1 aromatic carbocycles. The number of benzene rings is 1. The molecule has 124 valence electrons. The Morgan fingerprint density at radius 3 is 2.88 bits per heavy atom. The number of hydrogen-bond donors (Lipinski definition) is 2. The molecule has 0 fully saturated rings. The molecule has 2 N–H and O–H groups in total. The van der Waals surface area contributed by atoms with Gasteiger partial charge in [0.25, 0.3) is 0 Å². The maximum Gasteiger partial charge on any atom is 0.331 e. The number of rotatable bonds is 4. The van der Waals surface area contributed by atoms with E-state index in [0.717, 1.165) is 16.5 Å². The predicted molar refractivity (Wildman–Crippen MR) is 88.6 cm³/mol. The van der Waals surface area contributed by atoms with Gasteiger partial charge in [0.05, 0.1) is 7.11 Å². The van der Waals surface area contributed by atoms with Gasteiger partial charge in [-0.3, -0.25) is 4.57 Å². The first-order valence-electron chi connectivity index (χ1n) is 7.47. The second-order valence-electron chi connectivity index (χ2n) is 5.76. The summed E-state index contributed by atoms with van der Waals surface area (Å²) in [6.45, 7) is 1.65. The highest BCUT2D eigenvalue weighted by Gasteiger charge is 2.37. The molecule has 0 unspecified atom stereocenters. The number of carbonyl (C=O) groups is 2. The number of methoxy groups -OCH3 is 1. The number of para-hydroxylation sites is 1. The van der Waals surface area contributed by atoms with E-state index in [-0.39, 0.29) is 0 Å². The summed E-state index contributed by atoms with van der Waals surface area (Å²) in [7, 11) is 1.30. The molecule has 0 spiro atoms. The van der Waals surface area contributed by atoms with Gasteiger partial charge in [-0.2, -0.15) is 0 Å². The molecule has 0 aliphatic heterocycles. The third-order valence-corrected chi connectivity index (χ3v) is 3.98. The fraction of sp³-hybridized carbons (Fsp3) is 0.235. The second-order valence-corrected chi connectivity index (χ2v) is 5.76.